The summed E-state index contributed by atoms with van der Waals surface area (Å²) < 4.78 is 21.0. The SMILES string of the molecule is COc1ccc(CN(Cc2ccc(OC)c(OC)c2)N=O)cc1OC. The standard InChI is InChI=1S/C18H22N2O5/c1-22-15-7-5-13(9-17(15)24-3)11-20(19-21)12-14-6-8-16(23-2)18(10-14)25-4/h5-10H,11-12H2,1-4H3. The summed E-state index contributed by atoms with van der Waals surface area (Å²) in [6.07, 6.45) is 0. The minimum Gasteiger partial charge on any atom is -0.493 e. The Labute approximate surface area is 147 Å². The monoisotopic (exact) mass is 346 g/mol. The van der Waals surface area contributed by atoms with Gasteiger partial charge in [0.2, 0.25) is 0 Å². The molecule has 7 nitrogen and oxygen atoms in total. The molecule has 0 aliphatic carbocycles. The third kappa shape index (κ3) is 4.53. The summed E-state index contributed by atoms with van der Waals surface area (Å²) in [5.74, 6) is 2.49. The van der Waals surface area contributed by atoms with Crippen LogP contribution in [0.25, 0.3) is 0 Å². The van der Waals surface area contributed by atoms with Crippen LogP contribution in [0.3, 0.4) is 0 Å². The van der Waals surface area contributed by atoms with E-state index in [0.29, 0.717) is 36.1 Å². The molecule has 0 saturated carbocycles. The molecular weight excluding hydrogens is 324 g/mol. The van der Waals surface area contributed by atoms with Crippen molar-refractivity contribution in [2.45, 2.75) is 13.1 Å². The van der Waals surface area contributed by atoms with Crippen molar-refractivity contribution in [2.75, 3.05) is 28.4 Å². The van der Waals surface area contributed by atoms with Crippen LogP contribution in [0.5, 0.6) is 23.0 Å². The Bertz CT molecular complexity index is 663. The van der Waals surface area contributed by atoms with Crippen LogP contribution >= 0.6 is 0 Å². The summed E-state index contributed by atoms with van der Waals surface area (Å²) in [5, 5.41) is 4.53. The van der Waals surface area contributed by atoms with Crippen LogP contribution in [0.4, 0.5) is 0 Å². The van der Waals surface area contributed by atoms with Gasteiger partial charge in [-0.25, -0.2) is 0 Å². The lowest BCUT2D eigenvalue weighted by Gasteiger charge is -2.17. The number of benzene rings is 2. The summed E-state index contributed by atoms with van der Waals surface area (Å²) in [7, 11) is 6.30. The smallest absolute Gasteiger partial charge is 0.161 e. The zero-order chi connectivity index (χ0) is 18.2. The number of methoxy groups -OCH3 is 4. The molecule has 0 radical (unpaired) electrons. The number of hydrogen-bond donors (Lipinski definition) is 0. The fraction of sp³-hybridized carbons (Fsp3) is 0.333. The molecule has 2 rings (SSSR count). The predicted molar refractivity (Wildman–Crippen MR) is 94.1 cm³/mol. The number of nitroso groups, excluding NO2 is 1. The molecule has 0 N–H and O–H groups in total. The van der Waals surface area contributed by atoms with Crippen molar-refractivity contribution in [2.24, 2.45) is 5.29 Å². The van der Waals surface area contributed by atoms with Crippen LogP contribution < -0.4 is 18.9 Å². The molecule has 0 aliphatic rings. The van der Waals surface area contributed by atoms with Gasteiger partial charge < -0.3 is 18.9 Å². The molecule has 0 unspecified atom stereocenters. The van der Waals surface area contributed by atoms with Crippen LogP contribution in [-0.2, 0) is 13.1 Å². The van der Waals surface area contributed by atoms with Gasteiger partial charge in [0.1, 0.15) is 0 Å². The first-order valence-corrected chi connectivity index (χ1v) is 7.65. The van der Waals surface area contributed by atoms with E-state index in [-0.39, 0.29) is 0 Å². The van der Waals surface area contributed by atoms with E-state index in [1.165, 1.54) is 5.01 Å². The molecule has 0 fully saturated rings. The Morgan fingerprint density at radius 2 is 1.12 bits per heavy atom. The second kappa shape index (κ2) is 8.77. The van der Waals surface area contributed by atoms with Crippen molar-refractivity contribution in [3.63, 3.8) is 0 Å². The highest BCUT2D eigenvalue weighted by Gasteiger charge is 2.11. The lowest BCUT2D eigenvalue weighted by atomic mass is 10.1. The Morgan fingerprint density at radius 3 is 1.44 bits per heavy atom. The Morgan fingerprint density at radius 1 is 0.720 bits per heavy atom. The van der Waals surface area contributed by atoms with Crippen molar-refractivity contribution in [1.82, 2.24) is 5.01 Å². The summed E-state index contributed by atoms with van der Waals surface area (Å²) in [6.45, 7) is 0.691. The molecule has 0 aliphatic heterocycles. The lowest BCUT2D eigenvalue weighted by Crippen LogP contribution is -2.16. The van der Waals surface area contributed by atoms with Gasteiger partial charge in [-0.05, 0) is 35.4 Å². The van der Waals surface area contributed by atoms with E-state index in [1.54, 1.807) is 40.6 Å². The highest BCUT2D eigenvalue weighted by Crippen LogP contribution is 2.30. The fourth-order valence-corrected chi connectivity index (χ4v) is 2.49. The van der Waals surface area contributed by atoms with Gasteiger partial charge in [0.25, 0.3) is 0 Å². The van der Waals surface area contributed by atoms with Crippen LogP contribution in [0.2, 0.25) is 0 Å². The van der Waals surface area contributed by atoms with Crippen molar-refractivity contribution in [3.05, 3.63) is 52.4 Å². The van der Waals surface area contributed by atoms with Crippen molar-refractivity contribution in [1.29, 1.82) is 0 Å². The van der Waals surface area contributed by atoms with Gasteiger partial charge in [0, 0.05) is 0 Å². The van der Waals surface area contributed by atoms with Crippen LogP contribution in [0.1, 0.15) is 11.1 Å². The molecule has 134 valence electrons. The predicted octanol–water partition coefficient (Wildman–Crippen LogP) is 3.40. The van der Waals surface area contributed by atoms with Gasteiger partial charge in [0.15, 0.2) is 23.0 Å². The van der Waals surface area contributed by atoms with E-state index in [9.17, 15) is 4.91 Å². The van der Waals surface area contributed by atoms with E-state index >= 15 is 0 Å². The molecule has 25 heavy (non-hydrogen) atoms. The topological polar surface area (TPSA) is 69.6 Å². The average Bonchev–Trinajstić information content (AvgIpc) is 2.66. The molecule has 0 heterocycles. The second-order valence-corrected chi connectivity index (χ2v) is 5.28. The number of nitrogens with zero attached hydrogens (tertiary/aromatic N) is 2. The van der Waals surface area contributed by atoms with Crippen LogP contribution in [0.15, 0.2) is 41.7 Å². The van der Waals surface area contributed by atoms with Gasteiger partial charge >= 0.3 is 0 Å². The maximum atomic E-state index is 11.2. The Hall–Kier alpha value is -2.96. The average molecular weight is 346 g/mol. The molecule has 0 atom stereocenters. The molecule has 0 amide bonds. The van der Waals surface area contributed by atoms with Gasteiger partial charge in [-0.15, -0.1) is 4.91 Å². The summed E-state index contributed by atoms with van der Waals surface area (Å²) in [5.41, 5.74) is 1.77. The fourth-order valence-electron chi connectivity index (χ4n) is 2.49. The molecule has 7 heteroatoms. The Balaban J connectivity index is 2.14. The van der Waals surface area contributed by atoms with Gasteiger partial charge in [-0.2, -0.15) is 0 Å². The number of hydrogen-bond acceptors (Lipinski definition) is 6. The largest absolute Gasteiger partial charge is 0.493 e. The van der Waals surface area contributed by atoms with Crippen LogP contribution in [-0.4, -0.2) is 33.4 Å². The minimum atomic E-state index is 0.345. The van der Waals surface area contributed by atoms with Crippen molar-refractivity contribution < 1.29 is 18.9 Å². The quantitative estimate of drug-likeness (QED) is 0.512. The maximum absolute atomic E-state index is 11.2. The molecule has 0 spiro atoms. The van der Waals surface area contributed by atoms with E-state index in [2.05, 4.69) is 5.29 Å². The second-order valence-electron chi connectivity index (χ2n) is 5.28. The third-order valence-electron chi connectivity index (χ3n) is 3.74. The highest BCUT2D eigenvalue weighted by atomic mass is 16.5. The van der Waals surface area contributed by atoms with Gasteiger partial charge in [-0.1, -0.05) is 12.1 Å². The maximum Gasteiger partial charge on any atom is 0.161 e. The molecule has 2 aromatic rings. The lowest BCUT2D eigenvalue weighted by molar-refractivity contribution is 0.264. The summed E-state index contributed by atoms with van der Waals surface area (Å²) in [4.78, 5) is 11.2. The summed E-state index contributed by atoms with van der Waals surface area (Å²) >= 11 is 0. The van der Waals surface area contributed by atoms with E-state index in [0.717, 1.165) is 11.1 Å². The first-order valence-electron chi connectivity index (χ1n) is 7.65. The molecule has 0 bridgehead atoms. The summed E-state index contributed by atoms with van der Waals surface area (Å²) in [6, 6.07) is 11.0. The van der Waals surface area contributed by atoms with Crippen molar-refractivity contribution >= 4 is 0 Å². The van der Waals surface area contributed by atoms with Crippen LogP contribution in [0, 0.1) is 4.91 Å². The first kappa shape index (κ1) is 18.4. The Kier molecular flexibility index (Phi) is 6.45. The normalized spacial score (nSPS) is 10.1. The molecular formula is C18H22N2O5. The molecule has 0 aromatic heterocycles. The van der Waals surface area contributed by atoms with E-state index < -0.39 is 0 Å². The molecule has 2 aromatic carbocycles. The third-order valence-corrected chi connectivity index (χ3v) is 3.74. The zero-order valence-electron chi connectivity index (χ0n) is 14.8. The van der Waals surface area contributed by atoms with Gasteiger partial charge in [0.05, 0.1) is 46.8 Å². The van der Waals surface area contributed by atoms with E-state index in [1.807, 2.05) is 24.3 Å². The van der Waals surface area contributed by atoms with Crippen molar-refractivity contribution in [3.8, 4) is 23.0 Å². The number of rotatable bonds is 9. The highest BCUT2D eigenvalue weighted by molar-refractivity contribution is 5.44. The van der Waals surface area contributed by atoms with Gasteiger partial charge in [-0.3, -0.25) is 5.01 Å². The minimum absolute atomic E-state index is 0.345. The van der Waals surface area contributed by atoms with E-state index in [4.69, 9.17) is 18.9 Å². The molecule has 0 saturated heterocycles. The number of ether oxygens (including phenoxy) is 4. The zero-order valence-corrected chi connectivity index (χ0v) is 14.8. The first-order chi connectivity index (χ1) is 12.1.